The highest BCUT2D eigenvalue weighted by molar-refractivity contribution is 5.81. The van der Waals surface area contributed by atoms with Crippen LogP contribution in [-0.2, 0) is 17.1 Å². The number of Topliss-reactive ketones (excluding diaryl/α,β-unsaturated/α-hetero) is 1. The van der Waals surface area contributed by atoms with Crippen molar-refractivity contribution >= 4 is 5.78 Å². The molecule has 0 N–H and O–H groups in total. The first-order valence-corrected chi connectivity index (χ1v) is 5.88. The lowest BCUT2D eigenvalue weighted by atomic mass is 9.93. The Morgan fingerprint density at radius 3 is 1.75 bits per heavy atom. The quantitative estimate of drug-likeness (QED) is 0.694. The van der Waals surface area contributed by atoms with Gasteiger partial charge in [0, 0.05) is 12.8 Å². The third-order valence-electron chi connectivity index (χ3n) is 3.33. The molecule has 1 aliphatic carbocycles. The molecule has 1 aliphatic rings. The van der Waals surface area contributed by atoms with Gasteiger partial charge in [0.25, 0.3) is 0 Å². The molecular formula is C13H10F6O. The van der Waals surface area contributed by atoms with Gasteiger partial charge in [0.2, 0.25) is 0 Å². The van der Waals surface area contributed by atoms with Crippen LogP contribution in [0.4, 0.5) is 26.3 Å². The zero-order chi connectivity index (χ0) is 15.1. The van der Waals surface area contributed by atoms with Gasteiger partial charge < -0.3 is 0 Å². The molecule has 1 aromatic carbocycles. The minimum atomic E-state index is -4.85. The Balaban J connectivity index is 2.49. The zero-order valence-electron chi connectivity index (χ0n) is 10.1. The topological polar surface area (TPSA) is 17.1 Å². The minimum absolute atomic E-state index is 0.00138. The van der Waals surface area contributed by atoms with E-state index in [0.29, 0.717) is 12.1 Å². The molecule has 2 rings (SSSR count). The Labute approximate surface area is 110 Å². The second kappa shape index (κ2) is 4.79. The van der Waals surface area contributed by atoms with Gasteiger partial charge in [0.15, 0.2) is 0 Å². The van der Waals surface area contributed by atoms with Crippen LogP contribution in [0.3, 0.4) is 0 Å². The van der Waals surface area contributed by atoms with E-state index in [4.69, 9.17) is 0 Å². The van der Waals surface area contributed by atoms with Crippen molar-refractivity contribution in [3.05, 3.63) is 34.9 Å². The molecule has 7 heteroatoms. The van der Waals surface area contributed by atoms with Crippen LogP contribution in [0.15, 0.2) is 18.2 Å². The highest BCUT2D eigenvalue weighted by Crippen LogP contribution is 2.40. The maximum absolute atomic E-state index is 12.7. The Morgan fingerprint density at radius 2 is 1.40 bits per heavy atom. The highest BCUT2D eigenvalue weighted by atomic mass is 19.4. The van der Waals surface area contributed by atoms with E-state index in [1.54, 1.807) is 0 Å². The number of halogens is 6. The monoisotopic (exact) mass is 296 g/mol. The van der Waals surface area contributed by atoms with E-state index in [0.717, 1.165) is 0 Å². The number of benzene rings is 1. The second-order valence-corrected chi connectivity index (χ2v) is 4.82. The number of rotatable bonds is 1. The third-order valence-corrected chi connectivity index (χ3v) is 3.33. The van der Waals surface area contributed by atoms with E-state index < -0.39 is 29.4 Å². The largest absolute Gasteiger partial charge is 0.416 e. The summed E-state index contributed by atoms with van der Waals surface area (Å²) in [5.74, 6) is -0.702. The molecular weight excluding hydrogens is 286 g/mol. The first kappa shape index (κ1) is 14.9. The van der Waals surface area contributed by atoms with E-state index in [1.165, 1.54) is 0 Å². The Hall–Kier alpha value is -1.53. The number of hydrogen-bond donors (Lipinski definition) is 0. The molecule has 1 atom stereocenters. The van der Waals surface area contributed by atoms with Crippen LogP contribution in [0.5, 0.6) is 0 Å². The second-order valence-electron chi connectivity index (χ2n) is 4.82. The lowest BCUT2D eigenvalue weighted by Gasteiger charge is -2.16. The van der Waals surface area contributed by atoms with E-state index in [-0.39, 0.29) is 36.7 Å². The van der Waals surface area contributed by atoms with Crippen LogP contribution >= 0.6 is 0 Å². The van der Waals surface area contributed by atoms with Gasteiger partial charge in [-0.05, 0) is 36.1 Å². The summed E-state index contributed by atoms with van der Waals surface area (Å²) in [6, 6.07) is 1.51. The van der Waals surface area contributed by atoms with Crippen molar-refractivity contribution in [1.29, 1.82) is 0 Å². The molecule has 1 fully saturated rings. The summed E-state index contributed by atoms with van der Waals surface area (Å²) < 4.78 is 76.0. The SMILES string of the molecule is O=C1CCC(c2cc(C(F)(F)F)cc(C(F)(F)F)c2)C1. The van der Waals surface area contributed by atoms with E-state index in [9.17, 15) is 31.1 Å². The molecule has 0 radical (unpaired) electrons. The van der Waals surface area contributed by atoms with Gasteiger partial charge in [-0.3, -0.25) is 4.79 Å². The number of ketones is 1. The molecule has 0 aromatic heterocycles. The molecule has 0 saturated heterocycles. The van der Waals surface area contributed by atoms with Gasteiger partial charge in [-0.1, -0.05) is 0 Å². The number of hydrogen-bond acceptors (Lipinski definition) is 1. The van der Waals surface area contributed by atoms with Crippen LogP contribution in [0.1, 0.15) is 41.9 Å². The van der Waals surface area contributed by atoms with Gasteiger partial charge in [0.1, 0.15) is 5.78 Å². The maximum Gasteiger partial charge on any atom is 0.416 e. The van der Waals surface area contributed by atoms with E-state index in [1.807, 2.05) is 0 Å². The highest BCUT2D eigenvalue weighted by Gasteiger charge is 2.38. The fraction of sp³-hybridized carbons (Fsp3) is 0.462. The lowest BCUT2D eigenvalue weighted by molar-refractivity contribution is -0.143. The van der Waals surface area contributed by atoms with Crippen molar-refractivity contribution in [3.8, 4) is 0 Å². The molecule has 110 valence electrons. The van der Waals surface area contributed by atoms with Gasteiger partial charge in [0.05, 0.1) is 11.1 Å². The van der Waals surface area contributed by atoms with E-state index >= 15 is 0 Å². The van der Waals surface area contributed by atoms with E-state index in [2.05, 4.69) is 0 Å². The smallest absolute Gasteiger partial charge is 0.300 e. The van der Waals surface area contributed by atoms with Gasteiger partial charge in [-0.15, -0.1) is 0 Å². The Kier molecular flexibility index (Phi) is 3.56. The summed E-state index contributed by atoms with van der Waals surface area (Å²) in [6.07, 6.45) is -9.21. The Morgan fingerprint density at radius 1 is 0.900 bits per heavy atom. The van der Waals surface area contributed by atoms with Crippen molar-refractivity contribution in [2.75, 3.05) is 0 Å². The molecule has 0 spiro atoms. The lowest BCUT2D eigenvalue weighted by Crippen LogP contribution is -2.12. The summed E-state index contributed by atoms with van der Waals surface area (Å²) in [7, 11) is 0. The molecule has 0 amide bonds. The average Bonchev–Trinajstić information content (AvgIpc) is 2.73. The molecule has 20 heavy (non-hydrogen) atoms. The third kappa shape index (κ3) is 3.13. The summed E-state index contributed by atoms with van der Waals surface area (Å²) >= 11 is 0. The fourth-order valence-corrected chi connectivity index (χ4v) is 2.31. The van der Waals surface area contributed by atoms with Crippen LogP contribution < -0.4 is 0 Å². The molecule has 1 nitrogen and oxygen atoms in total. The molecule has 1 unspecified atom stereocenters. The van der Waals surface area contributed by atoms with Crippen LogP contribution in [-0.4, -0.2) is 5.78 Å². The normalized spacial score (nSPS) is 20.5. The van der Waals surface area contributed by atoms with Crippen LogP contribution in [0.2, 0.25) is 0 Å². The summed E-state index contributed by atoms with van der Waals surface area (Å²) in [5, 5.41) is 0. The number of carbonyl (C=O) groups excluding carboxylic acids is 1. The molecule has 1 aromatic rings. The first-order valence-electron chi connectivity index (χ1n) is 5.88. The van der Waals surface area contributed by atoms with Crippen molar-refractivity contribution in [2.24, 2.45) is 0 Å². The maximum atomic E-state index is 12.7. The molecule has 0 bridgehead atoms. The summed E-state index contributed by atoms with van der Waals surface area (Å²) in [4.78, 5) is 11.1. The van der Waals surface area contributed by atoms with Crippen molar-refractivity contribution in [1.82, 2.24) is 0 Å². The minimum Gasteiger partial charge on any atom is -0.300 e. The Bertz CT molecular complexity index is 496. The van der Waals surface area contributed by atoms with Crippen molar-refractivity contribution < 1.29 is 31.1 Å². The predicted molar refractivity (Wildman–Crippen MR) is 58.0 cm³/mol. The fourth-order valence-electron chi connectivity index (χ4n) is 2.31. The van der Waals surface area contributed by atoms with Gasteiger partial charge in [-0.25, -0.2) is 0 Å². The van der Waals surface area contributed by atoms with Gasteiger partial charge in [-0.2, -0.15) is 26.3 Å². The standard InChI is InChI=1S/C13H10F6O/c14-12(15,16)9-3-8(7-1-2-11(20)5-7)4-10(6-9)13(17,18)19/h3-4,6-7H,1-2,5H2. The number of alkyl halides is 6. The molecule has 0 heterocycles. The predicted octanol–water partition coefficient (Wildman–Crippen LogP) is 4.56. The summed E-state index contributed by atoms with van der Waals surface area (Å²) in [6.45, 7) is 0. The van der Waals surface area contributed by atoms with Crippen LogP contribution in [0, 0.1) is 0 Å². The van der Waals surface area contributed by atoms with Crippen molar-refractivity contribution in [3.63, 3.8) is 0 Å². The number of carbonyl (C=O) groups is 1. The first-order chi connectivity index (χ1) is 9.07. The zero-order valence-corrected chi connectivity index (χ0v) is 10.1. The molecule has 0 aliphatic heterocycles. The average molecular weight is 296 g/mol. The summed E-state index contributed by atoms with van der Waals surface area (Å²) in [5.41, 5.74) is -2.73. The van der Waals surface area contributed by atoms with Gasteiger partial charge >= 0.3 is 12.4 Å². The molecule has 1 saturated carbocycles. The van der Waals surface area contributed by atoms with Crippen LogP contribution in [0.25, 0.3) is 0 Å². The van der Waals surface area contributed by atoms with Crippen molar-refractivity contribution in [2.45, 2.75) is 37.5 Å².